The molecular formula is C13H15FN4. The molecule has 0 fully saturated rings. The quantitative estimate of drug-likeness (QED) is 0.830. The number of nitrogens with one attached hydrogen (secondary N) is 1. The van der Waals surface area contributed by atoms with Crippen LogP contribution in [0.5, 0.6) is 0 Å². The van der Waals surface area contributed by atoms with Gasteiger partial charge < -0.3 is 5.32 Å². The Morgan fingerprint density at radius 1 is 1.39 bits per heavy atom. The van der Waals surface area contributed by atoms with Crippen LogP contribution in [0.15, 0.2) is 12.3 Å². The van der Waals surface area contributed by atoms with Gasteiger partial charge in [-0.1, -0.05) is 5.21 Å². The third-order valence-electron chi connectivity index (χ3n) is 3.55. The summed E-state index contributed by atoms with van der Waals surface area (Å²) in [6.45, 7) is 3.61. The second-order valence-corrected chi connectivity index (χ2v) is 4.68. The third-order valence-corrected chi connectivity index (χ3v) is 3.55. The smallest absolute Gasteiger partial charge is 0.136 e. The summed E-state index contributed by atoms with van der Waals surface area (Å²) in [4.78, 5) is 0. The zero-order valence-electron chi connectivity index (χ0n) is 10.5. The lowest BCUT2D eigenvalue weighted by Crippen LogP contribution is -2.25. The van der Waals surface area contributed by atoms with Crippen LogP contribution in [0, 0.1) is 12.7 Å². The van der Waals surface area contributed by atoms with E-state index >= 15 is 0 Å². The Kier molecular flexibility index (Phi) is 2.63. The summed E-state index contributed by atoms with van der Waals surface area (Å²) in [7, 11) is 1.78. The number of fused-ring (bicyclic) bond motifs is 1. The van der Waals surface area contributed by atoms with Gasteiger partial charge in [0.2, 0.25) is 0 Å². The summed E-state index contributed by atoms with van der Waals surface area (Å²) >= 11 is 0. The van der Waals surface area contributed by atoms with Crippen molar-refractivity contribution in [2.45, 2.75) is 19.9 Å². The van der Waals surface area contributed by atoms with Gasteiger partial charge in [-0.3, -0.25) is 0 Å². The number of benzene rings is 1. The van der Waals surface area contributed by atoms with Crippen molar-refractivity contribution >= 4 is 0 Å². The largest absolute Gasteiger partial charge is 0.312 e. The van der Waals surface area contributed by atoms with Gasteiger partial charge in [0.25, 0.3) is 0 Å². The molecule has 0 atom stereocenters. The van der Waals surface area contributed by atoms with Gasteiger partial charge >= 0.3 is 0 Å². The third kappa shape index (κ3) is 1.62. The highest BCUT2D eigenvalue weighted by atomic mass is 19.1. The van der Waals surface area contributed by atoms with Crippen LogP contribution < -0.4 is 5.32 Å². The van der Waals surface area contributed by atoms with E-state index in [4.69, 9.17) is 0 Å². The number of hydrogen-bond acceptors (Lipinski definition) is 3. The fourth-order valence-corrected chi connectivity index (χ4v) is 2.55. The Labute approximate surface area is 105 Å². The van der Waals surface area contributed by atoms with Crippen molar-refractivity contribution in [3.63, 3.8) is 0 Å². The number of aryl methyl sites for hydroxylation is 2. The number of aromatic nitrogens is 3. The normalized spacial score (nSPS) is 14.6. The molecule has 0 saturated carbocycles. The van der Waals surface area contributed by atoms with Gasteiger partial charge in [-0.15, -0.1) is 5.10 Å². The Bertz CT molecular complexity index is 603. The summed E-state index contributed by atoms with van der Waals surface area (Å²) in [5.74, 6) is -0.123. The first-order chi connectivity index (χ1) is 8.68. The van der Waals surface area contributed by atoms with Crippen LogP contribution in [0.3, 0.4) is 0 Å². The van der Waals surface area contributed by atoms with Gasteiger partial charge in [-0.25, -0.2) is 9.07 Å². The molecule has 1 N–H and O–H groups in total. The van der Waals surface area contributed by atoms with Crippen LogP contribution in [-0.4, -0.2) is 21.5 Å². The molecule has 4 nitrogen and oxygen atoms in total. The van der Waals surface area contributed by atoms with E-state index in [-0.39, 0.29) is 5.82 Å². The number of halogens is 1. The first-order valence-corrected chi connectivity index (χ1v) is 6.05. The molecule has 2 aromatic rings. The summed E-state index contributed by atoms with van der Waals surface area (Å²) in [6, 6.07) is 1.89. The van der Waals surface area contributed by atoms with E-state index in [2.05, 4.69) is 15.6 Å². The van der Waals surface area contributed by atoms with Crippen molar-refractivity contribution in [3.8, 4) is 11.3 Å². The number of hydrogen-bond donors (Lipinski definition) is 1. The maximum Gasteiger partial charge on any atom is 0.136 e. The maximum absolute atomic E-state index is 14.6. The Morgan fingerprint density at radius 3 is 2.94 bits per heavy atom. The molecule has 0 unspecified atom stereocenters. The highest BCUT2D eigenvalue weighted by molar-refractivity contribution is 5.63. The molecule has 1 aromatic carbocycles. The molecular weight excluding hydrogens is 231 g/mol. The minimum Gasteiger partial charge on any atom is -0.312 e. The van der Waals surface area contributed by atoms with Gasteiger partial charge in [0.15, 0.2) is 0 Å². The first-order valence-electron chi connectivity index (χ1n) is 6.05. The molecule has 5 heteroatoms. The predicted molar refractivity (Wildman–Crippen MR) is 66.5 cm³/mol. The monoisotopic (exact) mass is 246 g/mol. The number of nitrogens with zero attached hydrogens (tertiary/aromatic N) is 3. The molecule has 0 radical (unpaired) electrons. The summed E-state index contributed by atoms with van der Waals surface area (Å²) in [6.07, 6.45) is 2.34. The van der Waals surface area contributed by atoms with Crippen LogP contribution in [0.25, 0.3) is 11.3 Å². The van der Waals surface area contributed by atoms with Crippen molar-refractivity contribution in [3.05, 3.63) is 34.8 Å². The highest BCUT2D eigenvalue weighted by Gasteiger charge is 2.21. The summed E-state index contributed by atoms with van der Waals surface area (Å²) in [5, 5.41) is 11.0. The van der Waals surface area contributed by atoms with Crippen LogP contribution in [0.4, 0.5) is 4.39 Å². The van der Waals surface area contributed by atoms with Crippen molar-refractivity contribution in [1.29, 1.82) is 0 Å². The predicted octanol–water partition coefficient (Wildman–Crippen LogP) is 1.58. The maximum atomic E-state index is 14.6. The summed E-state index contributed by atoms with van der Waals surface area (Å²) < 4.78 is 16.2. The second kappa shape index (κ2) is 4.17. The molecule has 0 bridgehead atoms. The van der Waals surface area contributed by atoms with Gasteiger partial charge in [0.1, 0.15) is 5.82 Å². The molecule has 0 saturated heterocycles. The second-order valence-electron chi connectivity index (χ2n) is 4.68. The lowest BCUT2D eigenvalue weighted by molar-refractivity contribution is 0.568. The molecule has 1 aliphatic heterocycles. The molecule has 1 aromatic heterocycles. The highest BCUT2D eigenvalue weighted by Crippen LogP contribution is 2.30. The van der Waals surface area contributed by atoms with Gasteiger partial charge in [-0.05, 0) is 42.6 Å². The molecule has 0 spiro atoms. The first kappa shape index (κ1) is 11.3. The van der Waals surface area contributed by atoms with Gasteiger partial charge in [-0.2, -0.15) is 0 Å². The average Bonchev–Trinajstić information content (AvgIpc) is 2.80. The van der Waals surface area contributed by atoms with Crippen LogP contribution >= 0.6 is 0 Å². The van der Waals surface area contributed by atoms with Crippen molar-refractivity contribution in [2.75, 3.05) is 6.54 Å². The molecule has 0 aliphatic carbocycles. The lowest BCUT2D eigenvalue weighted by Gasteiger charge is -2.21. The van der Waals surface area contributed by atoms with Crippen molar-refractivity contribution in [1.82, 2.24) is 20.3 Å². The van der Waals surface area contributed by atoms with E-state index in [0.29, 0.717) is 5.56 Å². The minimum atomic E-state index is -0.123. The van der Waals surface area contributed by atoms with E-state index in [1.165, 1.54) is 0 Å². The SMILES string of the molecule is Cc1cc(-c2cnnn2C)c(F)c2c1CNCC2. The average molecular weight is 246 g/mol. The Hall–Kier alpha value is -1.75. The van der Waals surface area contributed by atoms with Crippen molar-refractivity contribution < 1.29 is 4.39 Å². The zero-order valence-corrected chi connectivity index (χ0v) is 10.5. The molecule has 1 aliphatic rings. The van der Waals surface area contributed by atoms with Gasteiger partial charge in [0.05, 0.1) is 11.9 Å². The van der Waals surface area contributed by atoms with E-state index in [0.717, 1.165) is 41.9 Å². The molecule has 0 amide bonds. The molecule has 2 heterocycles. The van der Waals surface area contributed by atoms with Crippen molar-refractivity contribution in [2.24, 2.45) is 7.05 Å². The fourth-order valence-electron chi connectivity index (χ4n) is 2.55. The van der Waals surface area contributed by atoms with Crippen LogP contribution in [0.1, 0.15) is 16.7 Å². The van der Waals surface area contributed by atoms with Crippen LogP contribution in [-0.2, 0) is 20.0 Å². The van der Waals surface area contributed by atoms with E-state index in [9.17, 15) is 4.39 Å². The topological polar surface area (TPSA) is 42.7 Å². The molecule has 3 rings (SSSR count). The van der Waals surface area contributed by atoms with Gasteiger partial charge in [0, 0.05) is 19.2 Å². The Balaban J connectivity index is 2.23. The van der Waals surface area contributed by atoms with E-state index < -0.39 is 0 Å². The summed E-state index contributed by atoms with van der Waals surface area (Å²) in [5.41, 5.74) is 4.37. The zero-order chi connectivity index (χ0) is 12.7. The molecule has 18 heavy (non-hydrogen) atoms. The molecule has 94 valence electrons. The standard InChI is InChI=1S/C13H15FN4/c1-8-5-10(12-7-16-17-18(12)2)13(14)9-3-4-15-6-11(8)9/h5,7,15H,3-4,6H2,1-2H3. The van der Waals surface area contributed by atoms with Crippen LogP contribution in [0.2, 0.25) is 0 Å². The Morgan fingerprint density at radius 2 is 2.22 bits per heavy atom. The number of rotatable bonds is 1. The fraction of sp³-hybridized carbons (Fsp3) is 0.385. The minimum absolute atomic E-state index is 0.123. The van der Waals surface area contributed by atoms with E-state index in [1.54, 1.807) is 17.9 Å². The van der Waals surface area contributed by atoms with E-state index in [1.807, 2.05) is 13.0 Å². The lowest BCUT2D eigenvalue weighted by atomic mass is 9.92.